The molecule has 1 atom stereocenters. The van der Waals surface area contributed by atoms with E-state index in [1.54, 1.807) is 7.05 Å². The highest BCUT2D eigenvalue weighted by molar-refractivity contribution is 14.0. The molecule has 0 saturated carbocycles. The fraction of sp³-hybridized carbons (Fsp3) is 0.611. The van der Waals surface area contributed by atoms with Gasteiger partial charge in [-0.1, -0.05) is 13.8 Å². The van der Waals surface area contributed by atoms with E-state index in [0.717, 1.165) is 38.4 Å². The van der Waals surface area contributed by atoms with Gasteiger partial charge in [0, 0.05) is 45.3 Å². The molecule has 1 unspecified atom stereocenters. The molecule has 2 N–H and O–H groups in total. The van der Waals surface area contributed by atoms with Gasteiger partial charge in [-0.25, -0.2) is 8.78 Å². The number of guanidine groups is 1. The molecule has 5 nitrogen and oxygen atoms in total. The summed E-state index contributed by atoms with van der Waals surface area (Å²) in [5.41, 5.74) is 0.264. The number of hydrogen-bond acceptors (Lipinski definition) is 3. The van der Waals surface area contributed by atoms with Gasteiger partial charge in [0.05, 0.1) is 12.7 Å². The lowest BCUT2D eigenvalue weighted by atomic mass is 10.2. The molecule has 26 heavy (non-hydrogen) atoms. The first-order valence-corrected chi connectivity index (χ1v) is 8.70. The van der Waals surface area contributed by atoms with Crippen molar-refractivity contribution in [3.63, 3.8) is 0 Å². The van der Waals surface area contributed by atoms with Crippen molar-refractivity contribution in [1.82, 2.24) is 15.5 Å². The average Bonchev–Trinajstić information content (AvgIpc) is 2.57. The van der Waals surface area contributed by atoms with E-state index in [9.17, 15) is 8.78 Å². The summed E-state index contributed by atoms with van der Waals surface area (Å²) in [4.78, 5) is 6.52. The zero-order valence-corrected chi connectivity index (χ0v) is 17.9. The Kier molecular flexibility index (Phi) is 10.3. The number of nitrogens with zero attached hydrogens (tertiary/aromatic N) is 2. The van der Waals surface area contributed by atoms with Crippen LogP contribution in [0.15, 0.2) is 23.2 Å². The normalized spacial score (nSPS) is 18.5. The van der Waals surface area contributed by atoms with Gasteiger partial charge in [-0.2, -0.15) is 0 Å². The number of aliphatic imine (C=N–C) groups is 1. The highest BCUT2D eigenvalue weighted by Gasteiger charge is 2.21. The van der Waals surface area contributed by atoms with Crippen molar-refractivity contribution >= 4 is 29.9 Å². The van der Waals surface area contributed by atoms with Crippen molar-refractivity contribution in [2.45, 2.75) is 26.5 Å². The van der Waals surface area contributed by atoms with Gasteiger partial charge in [-0.15, -0.1) is 24.0 Å². The third kappa shape index (κ3) is 7.71. The molecule has 1 heterocycles. The summed E-state index contributed by atoms with van der Waals surface area (Å²) in [5.74, 6) is 0.266. The SMILES string of the molecule is CN=C(NCc1cc(F)ccc1F)NCC1CN(CC(C)C)CCO1.I. The summed E-state index contributed by atoms with van der Waals surface area (Å²) in [6.07, 6.45) is 0.0805. The van der Waals surface area contributed by atoms with Crippen LogP contribution < -0.4 is 10.6 Å². The van der Waals surface area contributed by atoms with Crippen molar-refractivity contribution < 1.29 is 13.5 Å². The predicted octanol–water partition coefficient (Wildman–Crippen LogP) is 2.60. The average molecular weight is 482 g/mol. The van der Waals surface area contributed by atoms with Crippen LogP contribution >= 0.6 is 24.0 Å². The van der Waals surface area contributed by atoms with Gasteiger partial charge < -0.3 is 15.4 Å². The molecule has 2 rings (SSSR count). The van der Waals surface area contributed by atoms with Crippen molar-refractivity contribution in [2.24, 2.45) is 10.9 Å². The summed E-state index contributed by atoms with van der Waals surface area (Å²) in [6.45, 7) is 8.81. The molecule has 1 aliphatic heterocycles. The summed E-state index contributed by atoms with van der Waals surface area (Å²) < 4.78 is 32.7. The number of halogens is 3. The third-order valence-corrected chi connectivity index (χ3v) is 4.02. The Morgan fingerprint density at radius 3 is 2.81 bits per heavy atom. The number of hydrogen-bond donors (Lipinski definition) is 2. The molecular weight excluding hydrogens is 453 g/mol. The van der Waals surface area contributed by atoms with Crippen molar-refractivity contribution in [3.8, 4) is 0 Å². The third-order valence-electron chi connectivity index (χ3n) is 4.02. The Balaban J connectivity index is 0.00000338. The molecule has 0 bridgehead atoms. The van der Waals surface area contributed by atoms with E-state index in [1.165, 1.54) is 6.07 Å². The highest BCUT2D eigenvalue weighted by atomic mass is 127. The second-order valence-corrected chi connectivity index (χ2v) is 6.69. The topological polar surface area (TPSA) is 48.9 Å². The van der Waals surface area contributed by atoms with Crippen LogP contribution in [0.5, 0.6) is 0 Å². The second kappa shape index (κ2) is 11.7. The Labute approximate surface area is 171 Å². The van der Waals surface area contributed by atoms with Gasteiger partial charge in [0.25, 0.3) is 0 Å². The molecule has 1 fully saturated rings. The van der Waals surface area contributed by atoms with Gasteiger partial charge in [0.1, 0.15) is 11.6 Å². The van der Waals surface area contributed by atoms with Crippen molar-refractivity contribution in [3.05, 3.63) is 35.4 Å². The maximum Gasteiger partial charge on any atom is 0.191 e. The molecule has 1 aromatic rings. The second-order valence-electron chi connectivity index (χ2n) is 6.69. The minimum Gasteiger partial charge on any atom is -0.374 e. The van der Waals surface area contributed by atoms with Gasteiger partial charge >= 0.3 is 0 Å². The highest BCUT2D eigenvalue weighted by Crippen LogP contribution is 2.09. The molecule has 1 aliphatic rings. The van der Waals surface area contributed by atoms with E-state index < -0.39 is 11.6 Å². The minimum absolute atomic E-state index is 0. The number of ether oxygens (including phenoxy) is 1. The molecule has 0 aliphatic carbocycles. The van der Waals surface area contributed by atoms with E-state index in [0.29, 0.717) is 18.4 Å². The first-order chi connectivity index (χ1) is 12.0. The number of morpholine rings is 1. The van der Waals surface area contributed by atoms with Crippen LogP contribution in [-0.2, 0) is 11.3 Å². The zero-order valence-electron chi connectivity index (χ0n) is 15.6. The molecule has 0 amide bonds. The van der Waals surface area contributed by atoms with Crippen molar-refractivity contribution in [2.75, 3.05) is 39.8 Å². The van der Waals surface area contributed by atoms with E-state index in [1.807, 2.05) is 0 Å². The standard InChI is InChI=1S/C18H28F2N4O.HI/c1-13(2)11-24-6-7-25-16(12-24)10-23-18(21-3)22-9-14-8-15(19)4-5-17(14)20;/h4-5,8,13,16H,6-7,9-12H2,1-3H3,(H2,21,22,23);1H. The molecule has 8 heteroatoms. The Hall–Kier alpha value is -1.00. The first-order valence-electron chi connectivity index (χ1n) is 8.70. The van der Waals surface area contributed by atoms with Crippen LogP contribution in [0, 0.1) is 17.6 Å². The van der Waals surface area contributed by atoms with Crippen molar-refractivity contribution in [1.29, 1.82) is 0 Å². The van der Waals surface area contributed by atoms with E-state index >= 15 is 0 Å². The van der Waals surface area contributed by atoms with Gasteiger partial charge in [0.15, 0.2) is 5.96 Å². The molecule has 0 aromatic heterocycles. The Morgan fingerprint density at radius 2 is 2.12 bits per heavy atom. The molecular formula is C18H29F2IN4O. The lowest BCUT2D eigenvalue weighted by Crippen LogP contribution is -2.50. The van der Waals surface area contributed by atoms with Crippen LogP contribution in [0.4, 0.5) is 8.78 Å². The fourth-order valence-electron chi connectivity index (χ4n) is 2.87. The van der Waals surface area contributed by atoms with E-state index in [4.69, 9.17) is 4.74 Å². The predicted molar refractivity (Wildman–Crippen MR) is 111 cm³/mol. The summed E-state index contributed by atoms with van der Waals surface area (Å²) in [5, 5.41) is 6.19. The van der Waals surface area contributed by atoms with E-state index in [2.05, 4.69) is 34.4 Å². The minimum atomic E-state index is -0.456. The summed E-state index contributed by atoms with van der Waals surface area (Å²) in [7, 11) is 1.64. The molecule has 1 aromatic carbocycles. The molecule has 0 spiro atoms. The Bertz CT molecular complexity index is 586. The fourth-order valence-corrected chi connectivity index (χ4v) is 2.87. The maximum atomic E-state index is 13.7. The molecule has 0 radical (unpaired) electrons. The zero-order chi connectivity index (χ0) is 18.2. The van der Waals surface area contributed by atoms with Gasteiger partial charge in [-0.3, -0.25) is 9.89 Å². The quantitative estimate of drug-likeness (QED) is 0.372. The van der Waals surface area contributed by atoms with Crippen LogP contribution in [0.1, 0.15) is 19.4 Å². The van der Waals surface area contributed by atoms with Crippen LogP contribution in [0.3, 0.4) is 0 Å². The van der Waals surface area contributed by atoms with E-state index in [-0.39, 0.29) is 42.2 Å². The number of nitrogens with one attached hydrogen (secondary N) is 2. The first kappa shape index (κ1) is 23.0. The largest absolute Gasteiger partial charge is 0.374 e. The smallest absolute Gasteiger partial charge is 0.191 e. The lowest BCUT2D eigenvalue weighted by molar-refractivity contribution is -0.0284. The lowest BCUT2D eigenvalue weighted by Gasteiger charge is -2.34. The van der Waals surface area contributed by atoms with Crippen LogP contribution in [0.25, 0.3) is 0 Å². The number of rotatable bonds is 6. The summed E-state index contributed by atoms with van der Waals surface area (Å²) in [6, 6.07) is 3.42. The molecule has 1 saturated heterocycles. The maximum absolute atomic E-state index is 13.7. The summed E-state index contributed by atoms with van der Waals surface area (Å²) >= 11 is 0. The number of benzene rings is 1. The van der Waals surface area contributed by atoms with Gasteiger partial charge in [-0.05, 0) is 24.1 Å². The molecule has 148 valence electrons. The Morgan fingerprint density at radius 1 is 1.35 bits per heavy atom. The van der Waals surface area contributed by atoms with Gasteiger partial charge in [0.2, 0.25) is 0 Å². The van der Waals surface area contributed by atoms with Crippen LogP contribution in [0.2, 0.25) is 0 Å². The van der Waals surface area contributed by atoms with Crippen LogP contribution in [-0.4, -0.2) is 56.8 Å². The monoisotopic (exact) mass is 482 g/mol.